The average molecular weight is 388 g/mol. The number of amides is 3. The van der Waals surface area contributed by atoms with Crippen molar-refractivity contribution in [2.75, 3.05) is 6.61 Å². The smallest absolute Gasteiger partial charge is 0.359 e. The maximum atomic E-state index is 12.5. The number of esters is 1. The Labute approximate surface area is 162 Å². The van der Waals surface area contributed by atoms with Crippen LogP contribution in [0.5, 0.6) is 0 Å². The van der Waals surface area contributed by atoms with E-state index in [0.29, 0.717) is 23.7 Å². The Bertz CT molecular complexity index is 959. The molecule has 2 rings (SSSR count). The number of imide groups is 1. The molecule has 28 heavy (non-hydrogen) atoms. The van der Waals surface area contributed by atoms with Crippen LogP contribution in [0, 0.1) is 0 Å². The number of carbonyl (C=O) groups is 3. The molecule has 0 saturated heterocycles. The fourth-order valence-corrected chi connectivity index (χ4v) is 2.48. The second-order valence-electron chi connectivity index (χ2n) is 7.25. The Hall–Kier alpha value is -3.23. The van der Waals surface area contributed by atoms with Crippen LogP contribution in [0.4, 0.5) is 4.79 Å². The monoisotopic (exact) mass is 388 g/mol. The maximum absolute atomic E-state index is 12.5. The average Bonchev–Trinajstić information content (AvgIpc) is 2.60. The zero-order chi connectivity index (χ0) is 20.9. The summed E-state index contributed by atoms with van der Waals surface area (Å²) >= 11 is 0. The summed E-state index contributed by atoms with van der Waals surface area (Å²) in [5.74, 6) is -1.63. The van der Waals surface area contributed by atoms with Gasteiger partial charge in [-0.3, -0.25) is 14.9 Å². The summed E-state index contributed by atoms with van der Waals surface area (Å²) in [4.78, 5) is 48.4. The van der Waals surface area contributed by atoms with E-state index >= 15 is 0 Å². The van der Waals surface area contributed by atoms with E-state index in [1.54, 1.807) is 45.0 Å². The molecule has 1 aromatic carbocycles. The molecule has 1 heterocycles. The molecule has 0 fully saturated rings. The summed E-state index contributed by atoms with van der Waals surface area (Å²) in [6, 6.07) is 5.87. The van der Waals surface area contributed by atoms with Gasteiger partial charge < -0.3 is 10.1 Å². The van der Waals surface area contributed by atoms with Gasteiger partial charge in [-0.05, 0) is 33.3 Å². The molecule has 0 aliphatic carbocycles. The SMILES string of the molecule is CCCn1nc(C(=O)OCC(=O)NC(=O)NC(C)(C)C)c2ccccc2c1=O. The van der Waals surface area contributed by atoms with Crippen LogP contribution in [-0.4, -0.2) is 39.8 Å². The molecule has 9 heteroatoms. The molecule has 2 aromatic rings. The third-order valence-electron chi connectivity index (χ3n) is 3.57. The lowest BCUT2D eigenvalue weighted by atomic mass is 10.1. The van der Waals surface area contributed by atoms with Gasteiger partial charge in [0.2, 0.25) is 0 Å². The summed E-state index contributed by atoms with van der Waals surface area (Å²) in [5, 5.41) is 9.42. The van der Waals surface area contributed by atoms with Crippen molar-refractivity contribution in [3.05, 3.63) is 40.3 Å². The first-order chi connectivity index (χ1) is 13.1. The molecule has 3 amide bonds. The van der Waals surface area contributed by atoms with Gasteiger partial charge in [-0.2, -0.15) is 5.10 Å². The van der Waals surface area contributed by atoms with Crippen LogP contribution in [0.3, 0.4) is 0 Å². The van der Waals surface area contributed by atoms with Crippen molar-refractivity contribution in [1.82, 2.24) is 20.4 Å². The van der Waals surface area contributed by atoms with Crippen LogP contribution in [0.2, 0.25) is 0 Å². The molecular formula is C19H24N4O5. The van der Waals surface area contributed by atoms with Crippen LogP contribution >= 0.6 is 0 Å². The summed E-state index contributed by atoms with van der Waals surface area (Å²) in [6.45, 7) is 6.86. The first-order valence-corrected chi connectivity index (χ1v) is 8.91. The third-order valence-corrected chi connectivity index (χ3v) is 3.57. The molecule has 0 aliphatic rings. The highest BCUT2D eigenvalue weighted by atomic mass is 16.5. The second kappa shape index (κ2) is 8.64. The molecule has 2 N–H and O–H groups in total. The molecule has 0 atom stereocenters. The number of ether oxygens (including phenoxy) is 1. The number of aromatic nitrogens is 2. The van der Waals surface area contributed by atoms with Crippen LogP contribution in [-0.2, 0) is 16.1 Å². The van der Waals surface area contributed by atoms with E-state index in [9.17, 15) is 19.2 Å². The molecule has 1 aromatic heterocycles. The van der Waals surface area contributed by atoms with Crippen molar-refractivity contribution >= 4 is 28.7 Å². The number of carbonyl (C=O) groups excluding carboxylic acids is 3. The number of rotatable bonds is 5. The van der Waals surface area contributed by atoms with E-state index in [0.717, 1.165) is 0 Å². The summed E-state index contributed by atoms with van der Waals surface area (Å²) in [6.07, 6.45) is 0.658. The number of urea groups is 1. The molecule has 0 spiro atoms. The van der Waals surface area contributed by atoms with E-state index in [2.05, 4.69) is 15.7 Å². The third kappa shape index (κ3) is 5.38. The lowest BCUT2D eigenvalue weighted by molar-refractivity contribution is -0.123. The molecule has 0 aliphatic heterocycles. The van der Waals surface area contributed by atoms with Crippen LogP contribution < -0.4 is 16.2 Å². The second-order valence-corrected chi connectivity index (χ2v) is 7.25. The zero-order valence-electron chi connectivity index (χ0n) is 16.4. The Morgan fingerprint density at radius 2 is 1.79 bits per heavy atom. The Kier molecular flexibility index (Phi) is 6.50. The van der Waals surface area contributed by atoms with Crippen molar-refractivity contribution in [3.63, 3.8) is 0 Å². The Morgan fingerprint density at radius 1 is 1.14 bits per heavy atom. The number of hydrogen-bond donors (Lipinski definition) is 2. The van der Waals surface area contributed by atoms with Gasteiger partial charge >= 0.3 is 12.0 Å². The number of benzene rings is 1. The number of hydrogen-bond acceptors (Lipinski definition) is 6. The Morgan fingerprint density at radius 3 is 2.39 bits per heavy atom. The van der Waals surface area contributed by atoms with Gasteiger partial charge in [-0.25, -0.2) is 14.3 Å². The first kappa shape index (κ1) is 21.1. The molecular weight excluding hydrogens is 364 g/mol. The fraction of sp³-hybridized carbons (Fsp3) is 0.421. The van der Waals surface area contributed by atoms with Crippen molar-refractivity contribution in [2.45, 2.75) is 46.2 Å². The molecule has 150 valence electrons. The summed E-state index contributed by atoms with van der Waals surface area (Å²) < 4.78 is 6.20. The maximum Gasteiger partial charge on any atom is 0.359 e. The minimum absolute atomic E-state index is 0.0596. The highest BCUT2D eigenvalue weighted by Crippen LogP contribution is 2.14. The Balaban J connectivity index is 2.15. The minimum atomic E-state index is -0.854. The largest absolute Gasteiger partial charge is 0.451 e. The van der Waals surface area contributed by atoms with Crippen molar-refractivity contribution in [2.24, 2.45) is 0 Å². The van der Waals surface area contributed by atoms with Gasteiger partial charge in [0.15, 0.2) is 12.3 Å². The standard InChI is InChI=1S/C19H24N4O5/c1-5-10-23-16(25)13-9-7-6-8-12(13)15(22-23)17(26)28-11-14(24)20-18(27)21-19(2,3)4/h6-9H,5,10-11H2,1-4H3,(H2,20,21,24,27). The van der Waals surface area contributed by atoms with Gasteiger partial charge in [-0.15, -0.1) is 0 Å². The predicted molar refractivity (Wildman–Crippen MR) is 103 cm³/mol. The fourth-order valence-electron chi connectivity index (χ4n) is 2.48. The van der Waals surface area contributed by atoms with Crippen molar-refractivity contribution in [1.29, 1.82) is 0 Å². The van der Waals surface area contributed by atoms with Crippen molar-refractivity contribution in [3.8, 4) is 0 Å². The topological polar surface area (TPSA) is 119 Å². The number of nitrogens with one attached hydrogen (secondary N) is 2. The molecule has 0 radical (unpaired) electrons. The molecule has 0 saturated carbocycles. The number of aryl methyl sites for hydroxylation is 1. The van der Waals surface area contributed by atoms with E-state index in [-0.39, 0.29) is 11.3 Å². The van der Waals surface area contributed by atoms with Gasteiger partial charge in [-0.1, -0.05) is 25.1 Å². The van der Waals surface area contributed by atoms with Crippen LogP contribution in [0.15, 0.2) is 29.1 Å². The lowest BCUT2D eigenvalue weighted by Crippen LogP contribution is -2.49. The normalized spacial score (nSPS) is 11.1. The number of nitrogens with zero attached hydrogens (tertiary/aromatic N) is 2. The van der Waals surface area contributed by atoms with E-state index in [4.69, 9.17) is 4.74 Å². The summed E-state index contributed by atoms with van der Waals surface area (Å²) in [7, 11) is 0. The van der Waals surface area contributed by atoms with E-state index in [1.165, 1.54) is 4.68 Å². The zero-order valence-corrected chi connectivity index (χ0v) is 16.4. The first-order valence-electron chi connectivity index (χ1n) is 8.91. The highest BCUT2D eigenvalue weighted by molar-refractivity contribution is 6.03. The predicted octanol–water partition coefficient (Wildman–Crippen LogP) is 1.59. The van der Waals surface area contributed by atoms with Gasteiger partial charge in [0, 0.05) is 17.5 Å². The van der Waals surface area contributed by atoms with Gasteiger partial charge in [0.1, 0.15) is 0 Å². The molecule has 9 nitrogen and oxygen atoms in total. The minimum Gasteiger partial charge on any atom is -0.451 e. The quantitative estimate of drug-likeness (QED) is 0.751. The molecule has 0 unspecified atom stereocenters. The lowest BCUT2D eigenvalue weighted by Gasteiger charge is -2.20. The summed E-state index contributed by atoms with van der Waals surface area (Å²) in [5.41, 5.74) is -0.877. The van der Waals surface area contributed by atoms with E-state index < -0.39 is 30.1 Å². The van der Waals surface area contributed by atoms with E-state index in [1.807, 2.05) is 6.92 Å². The van der Waals surface area contributed by atoms with Crippen LogP contribution in [0.1, 0.15) is 44.6 Å². The highest BCUT2D eigenvalue weighted by Gasteiger charge is 2.20. The van der Waals surface area contributed by atoms with Gasteiger partial charge in [0.25, 0.3) is 11.5 Å². The number of fused-ring (bicyclic) bond motifs is 1. The van der Waals surface area contributed by atoms with Crippen LogP contribution in [0.25, 0.3) is 10.8 Å². The van der Waals surface area contributed by atoms with Crippen molar-refractivity contribution < 1.29 is 19.1 Å². The molecule has 0 bridgehead atoms. The van der Waals surface area contributed by atoms with Gasteiger partial charge in [0.05, 0.1) is 5.39 Å².